The third-order valence-electron chi connectivity index (χ3n) is 5.98. The molecule has 11 heteroatoms. The fourth-order valence-corrected chi connectivity index (χ4v) is 5.64. The largest absolute Gasteiger partial charge is 0.492 e. The van der Waals surface area contributed by atoms with E-state index in [1.807, 2.05) is 13.8 Å². The molecule has 1 atom stereocenters. The Bertz CT molecular complexity index is 1410. The van der Waals surface area contributed by atoms with Crippen LogP contribution in [0.15, 0.2) is 77.7 Å². The van der Waals surface area contributed by atoms with Gasteiger partial charge in [0.15, 0.2) is 0 Å². The van der Waals surface area contributed by atoms with Gasteiger partial charge in [0, 0.05) is 22.6 Å². The van der Waals surface area contributed by atoms with Crippen molar-refractivity contribution in [2.45, 2.75) is 51.2 Å². The zero-order chi connectivity index (χ0) is 29.4. The lowest BCUT2D eigenvalue weighted by atomic mass is 10.1. The van der Waals surface area contributed by atoms with E-state index in [-0.39, 0.29) is 35.7 Å². The second-order valence-electron chi connectivity index (χ2n) is 9.35. The number of halogens is 2. The summed E-state index contributed by atoms with van der Waals surface area (Å²) in [5.74, 6) is -0.644. The number of hydrogen-bond donors (Lipinski definition) is 1. The van der Waals surface area contributed by atoms with E-state index in [0.29, 0.717) is 15.8 Å². The summed E-state index contributed by atoms with van der Waals surface area (Å²) in [5, 5.41) is 3.73. The molecule has 214 valence electrons. The van der Waals surface area contributed by atoms with Gasteiger partial charge in [-0.2, -0.15) is 0 Å². The SMILES string of the molecule is CCOc1ccccc1N(CC(=O)N(Cc1ccc(Cl)cc1)[C@@H](C)C(=O)NC(C)C)S(=O)(=O)c1ccc(Cl)cc1. The van der Waals surface area contributed by atoms with Gasteiger partial charge in [-0.15, -0.1) is 0 Å². The topological polar surface area (TPSA) is 96.0 Å². The molecular weight excluding hydrogens is 573 g/mol. The van der Waals surface area contributed by atoms with Crippen LogP contribution in [0.4, 0.5) is 5.69 Å². The molecule has 0 heterocycles. The van der Waals surface area contributed by atoms with Crippen LogP contribution in [0.1, 0.15) is 33.3 Å². The lowest BCUT2D eigenvalue weighted by Gasteiger charge is -2.32. The Labute approximate surface area is 245 Å². The fourth-order valence-electron chi connectivity index (χ4n) is 3.96. The first-order chi connectivity index (χ1) is 18.9. The Kier molecular flexibility index (Phi) is 10.8. The van der Waals surface area contributed by atoms with Gasteiger partial charge in [0.25, 0.3) is 10.0 Å². The van der Waals surface area contributed by atoms with Gasteiger partial charge in [-0.3, -0.25) is 13.9 Å². The lowest BCUT2D eigenvalue weighted by molar-refractivity contribution is -0.139. The van der Waals surface area contributed by atoms with E-state index in [1.165, 1.54) is 29.2 Å². The number of ether oxygens (including phenoxy) is 1. The maximum absolute atomic E-state index is 14.0. The predicted molar refractivity (Wildman–Crippen MR) is 158 cm³/mol. The molecule has 0 aliphatic heterocycles. The van der Waals surface area contributed by atoms with E-state index in [2.05, 4.69) is 5.32 Å². The van der Waals surface area contributed by atoms with Crippen LogP contribution in [-0.4, -0.2) is 50.4 Å². The minimum Gasteiger partial charge on any atom is -0.492 e. The molecule has 0 radical (unpaired) electrons. The monoisotopic (exact) mass is 605 g/mol. The molecule has 0 fully saturated rings. The summed E-state index contributed by atoms with van der Waals surface area (Å²) < 4.78 is 34.7. The number of carbonyl (C=O) groups excluding carboxylic acids is 2. The van der Waals surface area contributed by atoms with Crippen LogP contribution in [0.3, 0.4) is 0 Å². The predicted octanol–water partition coefficient (Wildman–Crippen LogP) is 5.53. The first-order valence-electron chi connectivity index (χ1n) is 12.8. The summed E-state index contributed by atoms with van der Waals surface area (Å²) in [6, 6.07) is 18.1. The Morgan fingerprint density at radius 1 is 0.900 bits per heavy atom. The van der Waals surface area contributed by atoms with Crippen molar-refractivity contribution in [1.82, 2.24) is 10.2 Å². The summed E-state index contributed by atoms with van der Waals surface area (Å²) >= 11 is 12.0. The summed E-state index contributed by atoms with van der Waals surface area (Å²) in [7, 11) is -4.25. The van der Waals surface area contributed by atoms with E-state index < -0.39 is 28.5 Å². The van der Waals surface area contributed by atoms with Crippen molar-refractivity contribution in [3.8, 4) is 5.75 Å². The van der Waals surface area contributed by atoms with E-state index in [1.54, 1.807) is 62.4 Å². The van der Waals surface area contributed by atoms with Crippen LogP contribution in [0, 0.1) is 0 Å². The smallest absolute Gasteiger partial charge is 0.264 e. The van der Waals surface area contributed by atoms with Crippen molar-refractivity contribution < 1.29 is 22.7 Å². The van der Waals surface area contributed by atoms with Gasteiger partial charge in [0.1, 0.15) is 18.3 Å². The van der Waals surface area contributed by atoms with Crippen LogP contribution in [0.25, 0.3) is 0 Å². The minimum atomic E-state index is -4.25. The van der Waals surface area contributed by atoms with E-state index in [4.69, 9.17) is 27.9 Å². The van der Waals surface area contributed by atoms with Gasteiger partial charge in [0.05, 0.1) is 17.2 Å². The number of amides is 2. The van der Waals surface area contributed by atoms with E-state index >= 15 is 0 Å². The van der Waals surface area contributed by atoms with Crippen LogP contribution in [0.2, 0.25) is 10.0 Å². The molecule has 2 amide bonds. The molecule has 8 nitrogen and oxygen atoms in total. The molecule has 0 spiro atoms. The highest BCUT2D eigenvalue weighted by atomic mass is 35.5. The quantitative estimate of drug-likeness (QED) is 0.293. The zero-order valence-electron chi connectivity index (χ0n) is 22.8. The normalized spacial score (nSPS) is 12.1. The van der Waals surface area contributed by atoms with Crippen LogP contribution in [0.5, 0.6) is 5.75 Å². The molecule has 0 aliphatic rings. The number of para-hydroxylation sites is 2. The van der Waals surface area contributed by atoms with Gasteiger partial charge in [-0.25, -0.2) is 8.42 Å². The average Bonchev–Trinajstić information content (AvgIpc) is 2.91. The molecule has 0 saturated heterocycles. The van der Waals surface area contributed by atoms with Crippen molar-refractivity contribution in [3.63, 3.8) is 0 Å². The molecule has 0 aliphatic carbocycles. The average molecular weight is 607 g/mol. The number of rotatable bonds is 12. The minimum absolute atomic E-state index is 0.0501. The highest BCUT2D eigenvalue weighted by Crippen LogP contribution is 2.33. The Morgan fingerprint density at radius 2 is 1.48 bits per heavy atom. The summed E-state index contributed by atoms with van der Waals surface area (Å²) in [4.78, 5) is 28.3. The number of carbonyl (C=O) groups is 2. The highest BCUT2D eigenvalue weighted by molar-refractivity contribution is 7.92. The summed E-state index contributed by atoms with van der Waals surface area (Å²) in [6.07, 6.45) is 0. The van der Waals surface area contributed by atoms with E-state index in [0.717, 1.165) is 9.87 Å². The zero-order valence-corrected chi connectivity index (χ0v) is 25.1. The van der Waals surface area contributed by atoms with Crippen molar-refractivity contribution in [2.75, 3.05) is 17.5 Å². The van der Waals surface area contributed by atoms with Gasteiger partial charge in [-0.1, -0.05) is 47.5 Å². The maximum atomic E-state index is 14.0. The van der Waals surface area contributed by atoms with Crippen molar-refractivity contribution >= 4 is 50.7 Å². The molecule has 0 saturated carbocycles. The molecule has 40 heavy (non-hydrogen) atoms. The number of nitrogens with one attached hydrogen (secondary N) is 1. The van der Waals surface area contributed by atoms with Crippen molar-refractivity contribution in [3.05, 3.63) is 88.4 Å². The van der Waals surface area contributed by atoms with Gasteiger partial charge >= 0.3 is 0 Å². The third-order valence-corrected chi connectivity index (χ3v) is 8.26. The van der Waals surface area contributed by atoms with Crippen LogP contribution in [-0.2, 0) is 26.2 Å². The molecular formula is C29H33Cl2N3O5S. The fraction of sp³-hybridized carbons (Fsp3) is 0.310. The first kappa shape index (κ1) is 31.3. The number of hydrogen-bond acceptors (Lipinski definition) is 5. The van der Waals surface area contributed by atoms with Crippen molar-refractivity contribution in [2.24, 2.45) is 0 Å². The second-order valence-corrected chi connectivity index (χ2v) is 12.1. The Morgan fingerprint density at radius 3 is 2.05 bits per heavy atom. The molecule has 1 N–H and O–H groups in total. The number of nitrogens with zero attached hydrogens (tertiary/aromatic N) is 2. The van der Waals surface area contributed by atoms with Gasteiger partial charge in [-0.05, 0) is 81.8 Å². The molecule has 3 rings (SSSR count). The molecule has 0 unspecified atom stereocenters. The number of benzene rings is 3. The first-order valence-corrected chi connectivity index (χ1v) is 15.0. The van der Waals surface area contributed by atoms with E-state index in [9.17, 15) is 18.0 Å². The van der Waals surface area contributed by atoms with Gasteiger partial charge < -0.3 is 15.0 Å². The molecule has 0 bridgehead atoms. The van der Waals surface area contributed by atoms with Crippen LogP contribution >= 0.6 is 23.2 Å². The second kappa shape index (κ2) is 13.9. The summed E-state index contributed by atoms with van der Waals surface area (Å²) in [5.41, 5.74) is 0.919. The standard InChI is InChI=1S/C29H33Cl2N3O5S/c1-5-39-27-9-7-6-8-26(27)34(40(37,38)25-16-14-24(31)15-17-25)19-28(35)33(21(4)29(36)32-20(2)3)18-22-10-12-23(30)13-11-22/h6-17,20-21H,5,18-19H2,1-4H3,(H,32,36)/t21-/m0/s1. The lowest BCUT2D eigenvalue weighted by Crippen LogP contribution is -2.52. The Hall–Kier alpha value is -3.27. The summed E-state index contributed by atoms with van der Waals surface area (Å²) in [6.45, 7) is 6.80. The molecule has 3 aromatic carbocycles. The molecule has 0 aromatic heterocycles. The molecule has 3 aromatic rings. The van der Waals surface area contributed by atoms with Crippen LogP contribution < -0.4 is 14.4 Å². The Balaban J connectivity index is 2.08. The van der Waals surface area contributed by atoms with Gasteiger partial charge in [0.2, 0.25) is 11.8 Å². The number of anilines is 1. The maximum Gasteiger partial charge on any atom is 0.264 e. The third kappa shape index (κ3) is 7.90. The highest BCUT2D eigenvalue weighted by Gasteiger charge is 2.34. The number of sulfonamides is 1. The van der Waals surface area contributed by atoms with Crippen molar-refractivity contribution in [1.29, 1.82) is 0 Å².